The molecule has 1 aliphatic rings. The molecule has 1 atom stereocenters. The molecule has 0 saturated carbocycles. The van der Waals surface area contributed by atoms with Gasteiger partial charge in [-0.2, -0.15) is 0 Å². The zero-order chi connectivity index (χ0) is 26.8. The number of hydrogen-bond donors (Lipinski definition) is 0. The summed E-state index contributed by atoms with van der Waals surface area (Å²) in [6.45, 7) is 4.03. The highest BCUT2D eigenvalue weighted by molar-refractivity contribution is 8.00. The highest BCUT2D eigenvalue weighted by Gasteiger charge is 2.41. The number of rotatable bonds is 6. The third-order valence-electron chi connectivity index (χ3n) is 6.22. The van der Waals surface area contributed by atoms with E-state index < -0.39 is 11.2 Å². The summed E-state index contributed by atoms with van der Waals surface area (Å²) in [5.74, 6) is -1.19. The van der Waals surface area contributed by atoms with Gasteiger partial charge in [0, 0.05) is 17.5 Å². The normalized spacial score (nSPS) is 15.1. The second kappa shape index (κ2) is 10.5. The van der Waals surface area contributed by atoms with Crippen LogP contribution in [0.25, 0.3) is 22.5 Å². The second-order valence-electron chi connectivity index (χ2n) is 8.94. The summed E-state index contributed by atoms with van der Waals surface area (Å²) in [6, 6.07) is 22.1. The van der Waals surface area contributed by atoms with Crippen molar-refractivity contribution in [2.75, 3.05) is 12.0 Å². The minimum absolute atomic E-state index is 0.00515. The first-order chi connectivity index (χ1) is 18.3. The number of esters is 1. The monoisotopic (exact) mass is 524 g/mol. The largest absolute Gasteiger partial charge is 0.465 e. The molecule has 3 aromatic carbocycles. The standard InChI is InChI=1S/C29H24N4O4S/c1-17-4-8-19(9-5-17)25-26(20-10-6-18(2)7-11-20)31-32-29(30-25)38-23-16-24(34)33(27(23)35)22-14-12-21(13-15-22)28(36)37-3/h4-15,23H,16H2,1-3H3. The Bertz CT molecular complexity index is 1520. The van der Waals surface area contributed by atoms with Crippen LogP contribution in [-0.4, -0.2) is 45.3 Å². The van der Waals surface area contributed by atoms with Gasteiger partial charge in [-0.25, -0.2) is 14.7 Å². The number of aryl methyl sites for hydroxylation is 2. The third kappa shape index (κ3) is 5.05. The Balaban J connectivity index is 1.43. The fourth-order valence-electron chi connectivity index (χ4n) is 4.14. The van der Waals surface area contributed by atoms with E-state index in [2.05, 4.69) is 10.2 Å². The molecule has 1 aromatic heterocycles. The molecule has 0 bridgehead atoms. The number of hydrogen-bond acceptors (Lipinski definition) is 8. The van der Waals surface area contributed by atoms with Crippen LogP contribution in [0.3, 0.4) is 0 Å². The van der Waals surface area contributed by atoms with Crippen LogP contribution in [0.1, 0.15) is 27.9 Å². The summed E-state index contributed by atoms with van der Waals surface area (Å²) >= 11 is 1.12. The average Bonchev–Trinajstić information content (AvgIpc) is 3.21. The molecule has 0 radical (unpaired) electrons. The van der Waals surface area contributed by atoms with E-state index in [1.165, 1.54) is 19.2 Å². The zero-order valence-electron chi connectivity index (χ0n) is 21.0. The van der Waals surface area contributed by atoms with E-state index in [9.17, 15) is 14.4 Å². The molecule has 1 aliphatic heterocycles. The molecule has 0 N–H and O–H groups in total. The van der Waals surface area contributed by atoms with Gasteiger partial charge < -0.3 is 4.74 Å². The van der Waals surface area contributed by atoms with Crippen molar-refractivity contribution in [1.82, 2.24) is 15.2 Å². The molecule has 1 saturated heterocycles. The van der Waals surface area contributed by atoms with Crippen molar-refractivity contribution in [1.29, 1.82) is 0 Å². The van der Waals surface area contributed by atoms with E-state index in [1.54, 1.807) is 12.1 Å². The quantitative estimate of drug-likeness (QED) is 0.256. The van der Waals surface area contributed by atoms with Crippen LogP contribution in [0, 0.1) is 13.8 Å². The van der Waals surface area contributed by atoms with Crippen LogP contribution in [0.4, 0.5) is 5.69 Å². The average molecular weight is 525 g/mol. The summed E-state index contributed by atoms with van der Waals surface area (Å²) in [5, 5.41) is 8.42. The molecular formula is C29H24N4O4S. The van der Waals surface area contributed by atoms with Gasteiger partial charge in [-0.15, -0.1) is 10.2 Å². The van der Waals surface area contributed by atoms with E-state index in [-0.39, 0.29) is 18.2 Å². The number of amides is 2. The number of carbonyl (C=O) groups excluding carboxylic acids is 3. The fraction of sp³-hybridized carbons (Fsp3) is 0.172. The molecule has 8 nitrogen and oxygen atoms in total. The number of benzene rings is 3. The first kappa shape index (κ1) is 25.3. The summed E-state index contributed by atoms with van der Waals surface area (Å²) in [7, 11) is 1.29. The SMILES string of the molecule is COC(=O)c1ccc(N2C(=O)CC(Sc3nnc(-c4ccc(C)cc4)c(-c4ccc(C)cc4)n3)C2=O)cc1. The number of anilines is 1. The van der Waals surface area contributed by atoms with Crippen molar-refractivity contribution < 1.29 is 19.1 Å². The summed E-state index contributed by atoms with van der Waals surface area (Å²) in [6.07, 6.45) is 0.00515. The number of imide groups is 1. The fourth-order valence-corrected chi connectivity index (χ4v) is 5.06. The number of thioether (sulfide) groups is 1. The van der Waals surface area contributed by atoms with Crippen molar-refractivity contribution in [3.05, 3.63) is 89.5 Å². The highest BCUT2D eigenvalue weighted by Crippen LogP contribution is 2.35. The van der Waals surface area contributed by atoms with Crippen LogP contribution in [-0.2, 0) is 14.3 Å². The van der Waals surface area contributed by atoms with Crippen molar-refractivity contribution in [3.8, 4) is 22.5 Å². The van der Waals surface area contributed by atoms with Crippen LogP contribution >= 0.6 is 11.8 Å². The predicted molar refractivity (Wildman–Crippen MR) is 145 cm³/mol. The molecule has 4 aromatic rings. The van der Waals surface area contributed by atoms with Crippen LogP contribution in [0.15, 0.2) is 78.0 Å². The lowest BCUT2D eigenvalue weighted by atomic mass is 10.0. The molecule has 0 aliphatic carbocycles. The van der Waals surface area contributed by atoms with E-state index >= 15 is 0 Å². The Morgan fingerprint density at radius 1 is 0.842 bits per heavy atom. The van der Waals surface area contributed by atoms with Crippen molar-refractivity contribution in [2.45, 2.75) is 30.7 Å². The van der Waals surface area contributed by atoms with Gasteiger partial charge in [-0.05, 0) is 38.1 Å². The topological polar surface area (TPSA) is 102 Å². The molecule has 5 rings (SSSR count). The summed E-state index contributed by atoms with van der Waals surface area (Å²) in [4.78, 5) is 43.7. The van der Waals surface area contributed by atoms with Gasteiger partial charge >= 0.3 is 5.97 Å². The van der Waals surface area contributed by atoms with Gasteiger partial charge in [-0.1, -0.05) is 71.4 Å². The number of nitrogens with zero attached hydrogens (tertiary/aromatic N) is 4. The third-order valence-corrected chi connectivity index (χ3v) is 7.25. The minimum atomic E-state index is -0.694. The Hall–Kier alpha value is -4.37. The minimum Gasteiger partial charge on any atom is -0.465 e. The van der Waals surface area contributed by atoms with E-state index in [4.69, 9.17) is 9.72 Å². The van der Waals surface area contributed by atoms with Gasteiger partial charge in [0.1, 0.15) is 16.6 Å². The molecule has 38 heavy (non-hydrogen) atoms. The molecule has 1 unspecified atom stereocenters. The Morgan fingerprint density at radius 3 is 2.00 bits per heavy atom. The lowest BCUT2D eigenvalue weighted by Crippen LogP contribution is -2.31. The molecular weight excluding hydrogens is 500 g/mol. The van der Waals surface area contributed by atoms with Gasteiger partial charge in [0.25, 0.3) is 0 Å². The Labute approximate surface area is 224 Å². The lowest BCUT2D eigenvalue weighted by molar-refractivity contribution is -0.121. The molecule has 190 valence electrons. The molecule has 0 spiro atoms. The predicted octanol–water partition coefficient (Wildman–Crippen LogP) is 5.03. The zero-order valence-corrected chi connectivity index (χ0v) is 21.9. The van der Waals surface area contributed by atoms with Crippen LogP contribution < -0.4 is 4.90 Å². The first-order valence-electron chi connectivity index (χ1n) is 11.9. The maximum absolute atomic E-state index is 13.2. The molecule has 9 heteroatoms. The summed E-state index contributed by atoms with van der Waals surface area (Å²) in [5.41, 5.74) is 6.03. The van der Waals surface area contributed by atoms with E-state index in [0.717, 1.165) is 38.9 Å². The number of methoxy groups -OCH3 is 1. The molecule has 2 heterocycles. The van der Waals surface area contributed by atoms with Gasteiger partial charge in [0.2, 0.25) is 17.0 Å². The van der Waals surface area contributed by atoms with Crippen LogP contribution in [0.2, 0.25) is 0 Å². The van der Waals surface area contributed by atoms with E-state index in [1.807, 2.05) is 62.4 Å². The van der Waals surface area contributed by atoms with Crippen molar-refractivity contribution in [2.24, 2.45) is 0 Å². The smallest absolute Gasteiger partial charge is 0.337 e. The maximum atomic E-state index is 13.2. The second-order valence-corrected chi connectivity index (χ2v) is 10.1. The van der Waals surface area contributed by atoms with E-state index in [0.29, 0.717) is 27.8 Å². The van der Waals surface area contributed by atoms with Gasteiger partial charge in [-0.3, -0.25) is 9.59 Å². The lowest BCUT2D eigenvalue weighted by Gasteiger charge is -2.15. The van der Waals surface area contributed by atoms with Crippen molar-refractivity contribution >= 4 is 35.2 Å². The first-order valence-corrected chi connectivity index (χ1v) is 12.8. The number of carbonyl (C=O) groups is 3. The van der Waals surface area contributed by atoms with Gasteiger partial charge in [0.15, 0.2) is 0 Å². The highest BCUT2D eigenvalue weighted by atomic mass is 32.2. The van der Waals surface area contributed by atoms with Crippen molar-refractivity contribution in [3.63, 3.8) is 0 Å². The molecule has 1 fully saturated rings. The molecule has 2 amide bonds. The number of ether oxygens (including phenoxy) is 1. The van der Waals surface area contributed by atoms with Gasteiger partial charge in [0.05, 0.1) is 18.4 Å². The Morgan fingerprint density at radius 2 is 1.42 bits per heavy atom. The Kier molecular flexibility index (Phi) is 7.02. The number of aromatic nitrogens is 3. The summed E-state index contributed by atoms with van der Waals surface area (Å²) < 4.78 is 4.71. The maximum Gasteiger partial charge on any atom is 0.337 e. The van der Waals surface area contributed by atoms with Crippen LogP contribution in [0.5, 0.6) is 0 Å².